The van der Waals surface area contributed by atoms with Crippen molar-refractivity contribution in [3.63, 3.8) is 0 Å². The Bertz CT molecular complexity index is 532. The second kappa shape index (κ2) is 8.60. The largest absolute Gasteiger partial charge is 0.468 e. The highest BCUT2D eigenvalue weighted by molar-refractivity contribution is 6.32. The summed E-state index contributed by atoms with van der Waals surface area (Å²) in [6.07, 6.45) is 0.957. The van der Waals surface area contributed by atoms with Crippen molar-refractivity contribution in [1.29, 1.82) is 0 Å². The summed E-state index contributed by atoms with van der Waals surface area (Å²) in [6.45, 7) is 2.98. The number of aliphatic hydroxyl groups is 1. The Kier molecular flexibility index (Phi) is 7.13. The number of ether oxygens (including phenoxy) is 1. The minimum Gasteiger partial charge on any atom is -0.468 e. The number of aromatic nitrogens is 2. The molecule has 0 saturated heterocycles. The molecule has 0 bridgehead atoms. The summed E-state index contributed by atoms with van der Waals surface area (Å²) in [4.78, 5) is 23.0. The fourth-order valence-corrected chi connectivity index (χ4v) is 1.70. The first kappa shape index (κ1) is 17.4. The van der Waals surface area contributed by atoms with Gasteiger partial charge in [-0.05, 0) is 6.92 Å². The maximum absolute atomic E-state index is 11.9. The summed E-state index contributed by atoms with van der Waals surface area (Å²) in [5, 5.41) is 18.9. The molecule has 1 aromatic rings. The van der Waals surface area contributed by atoms with Crippen molar-refractivity contribution in [2.45, 2.75) is 19.6 Å². The second-order valence-electron chi connectivity index (χ2n) is 4.39. The number of methoxy groups -OCH3 is 1. The molecule has 0 spiro atoms. The van der Waals surface area contributed by atoms with E-state index in [0.717, 1.165) is 4.68 Å². The molecule has 9 heteroatoms. The number of anilines is 1. The average molecular weight is 319 g/mol. The minimum atomic E-state index is -0.580. The van der Waals surface area contributed by atoms with Crippen molar-refractivity contribution in [2.24, 2.45) is 0 Å². The van der Waals surface area contributed by atoms with Crippen LogP contribution in [0.25, 0.3) is 0 Å². The Morgan fingerprint density at radius 3 is 2.90 bits per heavy atom. The van der Waals surface area contributed by atoms with Crippen molar-refractivity contribution >= 4 is 23.3 Å². The van der Waals surface area contributed by atoms with Crippen molar-refractivity contribution in [3.8, 4) is 0 Å². The lowest BCUT2D eigenvalue weighted by atomic mass is 10.4. The van der Waals surface area contributed by atoms with E-state index in [2.05, 4.69) is 20.5 Å². The maximum Gasteiger partial charge on any atom is 0.327 e. The Morgan fingerprint density at radius 1 is 1.57 bits per heavy atom. The van der Waals surface area contributed by atoms with Gasteiger partial charge < -0.3 is 20.5 Å². The Labute approximate surface area is 127 Å². The zero-order chi connectivity index (χ0) is 15.8. The molecule has 1 unspecified atom stereocenters. The summed E-state index contributed by atoms with van der Waals surface area (Å²) in [5.41, 5.74) is -0.175. The molecule has 0 aliphatic carbocycles. The lowest BCUT2D eigenvalue weighted by Crippen LogP contribution is -2.30. The molecule has 0 aliphatic heterocycles. The summed E-state index contributed by atoms with van der Waals surface area (Å²) >= 11 is 5.94. The topological polar surface area (TPSA) is 105 Å². The standard InChI is InChI=1S/C12H19ClN4O4/c1-8(18)5-14-3-4-15-9-6-16-17(7-10(19)21-2)12(20)11(9)13/h6,8,14-15,18H,3-5,7H2,1-2H3. The number of halogens is 1. The summed E-state index contributed by atoms with van der Waals surface area (Å²) in [5.74, 6) is -0.580. The monoisotopic (exact) mass is 318 g/mol. The first-order valence-electron chi connectivity index (χ1n) is 6.40. The van der Waals surface area contributed by atoms with E-state index in [4.69, 9.17) is 16.7 Å². The molecule has 0 aliphatic rings. The van der Waals surface area contributed by atoms with Gasteiger partial charge in [0.1, 0.15) is 11.6 Å². The SMILES string of the molecule is COC(=O)Cn1ncc(NCCNCC(C)O)c(Cl)c1=O. The zero-order valence-electron chi connectivity index (χ0n) is 11.9. The van der Waals surface area contributed by atoms with Gasteiger partial charge in [-0.25, -0.2) is 4.68 Å². The molecule has 0 aromatic carbocycles. The number of esters is 1. The van der Waals surface area contributed by atoms with E-state index in [9.17, 15) is 9.59 Å². The first-order valence-corrected chi connectivity index (χ1v) is 6.78. The normalized spacial score (nSPS) is 12.0. The molecular weight excluding hydrogens is 300 g/mol. The van der Waals surface area contributed by atoms with Crippen LogP contribution in [-0.2, 0) is 16.1 Å². The van der Waals surface area contributed by atoms with Crippen LogP contribution in [-0.4, -0.2) is 53.7 Å². The van der Waals surface area contributed by atoms with Crippen LogP contribution in [0.1, 0.15) is 6.92 Å². The molecule has 1 rings (SSSR count). The van der Waals surface area contributed by atoms with Crippen LogP contribution in [0.3, 0.4) is 0 Å². The molecule has 0 saturated carbocycles. The summed E-state index contributed by atoms with van der Waals surface area (Å²) in [6, 6.07) is 0. The van der Waals surface area contributed by atoms with Crippen LogP contribution in [0.4, 0.5) is 5.69 Å². The Hall–Kier alpha value is -1.64. The van der Waals surface area contributed by atoms with Gasteiger partial charge in [-0.3, -0.25) is 9.59 Å². The first-order chi connectivity index (χ1) is 9.95. The summed E-state index contributed by atoms with van der Waals surface area (Å²) < 4.78 is 5.40. The summed E-state index contributed by atoms with van der Waals surface area (Å²) in [7, 11) is 1.23. The molecule has 118 valence electrons. The molecule has 8 nitrogen and oxygen atoms in total. The minimum absolute atomic E-state index is 0.0376. The van der Waals surface area contributed by atoms with Crippen LogP contribution in [0.2, 0.25) is 5.02 Å². The molecule has 1 atom stereocenters. The van der Waals surface area contributed by atoms with Crippen molar-refractivity contribution in [3.05, 3.63) is 21.6 Å². The maximum atomic E-state index is 11.9. The smallest absolute Gasteiger partial charge is 0.327 e. The lowest BCUT2D eigenvalue weighted by Gasteiger charge is -2.11. The number of nitrogens with zero attached hydrogens (tertiary/aromatic N) is 2. The second-order valence-corrected chi connectivity index (χ2v) is 4.77. The van der Waals surface area contributed by atoms with Crippen molar-refractivity contribution in [2.75, 3.05) is 32.1 Å². The van der Waals surface area contributed by atoms with E-state index in [1.807, 2.05) is 0 Å². The van der Waals surface area contributed by atoms with Crippen molar-refractivity contribution < 1.29 is 14.6 Å². The van der Waals surface area contributed by atoms with Gasteiger partial charge in [-0.1, -0.05) is 11.6 Å². The van der Waals surface area contributed by atoms with Crippen LogP contribution in [0.5, 0.6) is 0 Å². The molecule has 1 aromatic heterocycles. The van der Waals surface area contributed by atoms with E-state index in [0.29, 0.717) is 25.3 Å². The number of carbonyl (C=O) groups is 1. The van der Waals surface area contributed by atoms with Crippen LogP contribution >= 0.6 is 11.6 Å². The molecular formula is C12H19ClN4O4. The fourth-order valence-electron chi connectivity index (χ4n) is 1.48. The molecule has 3 N–H and O–H groups in total. The van der Waals surface area contributed by atoms with E-state index >= 15 is 0 Å². The average Bonchev–Trinajstić information content (AvgIpc) is 2.45. The quantitative estimate of drug-likeness (QED) is 0.436. The van der Waals surface area contributed by atoms with Gasteiger partial charge in [0.15, 0.2) is 0 Å². The lowest BCUT2D eigenvalue weighted by molar-refractivity contribution is -0.141. The Morgan fingerprint density at radius 2 is 2.29 bits per heavy atom. The van der Waals surface area contributed by atoms with Gasteiger partial charge in [0, 0.05) is 19.6 Å². The number of nitrogens with one attached hydrogen (secondary N) is 2. The van der Waals surface area contributed by atoms with E-state index in [-0.39, 0.29) is 11.6 Å². The van der Waals surface area contributed by atoms with E-state index < -0.39 is 17.6 Å². The zero-order valence-corrected chi connectivity index (χ0v) is 12.7. The van der Waals surface area contributed by atoms with Crippen LogP contribution < -0.4 is 16.2 Å². The van der Waals surface area contributed by atoms with Gasteiger partial charge >= 0.3 is 5.97 Å². The third-order valence-corrected chi connectivity index (χ3v) is 2.91. The molecule has 21 heavy (non-hydrogen) atoms. The van der Waals surface area contributed by atoms with Gasteiger partial charge in [0.25, 0.3) is 5.56 Å². The van der Waals surface area contributed by atoms with Gasteiger partial charge in [0.2, 0.25) is 0 Å². The number of aliphatic hydroxyl groups excluding tert-OH is 1. The number of rotatable bonds is 8. The van der Waals surface area contributed by atoms with Crippen LogP contribution in [0, 0.1) is 0 Å². The third kappa shape index (κ3) is 5.70. The fraction of sp³-hybridized carbons (Fsp3) is 0.583. The highest BCUT2D eigenvalue weighted by Gasteiger charge is 2.11. The number of hydrogen-bond acceptors (Lipinski definition) is 7. The van der Waals surface area contributed by atoms with E-state index in [1.165, 1.54) is 13.3 Å². The molecule has 0 fully saturated rings. The highest BCUT2D eigenvalue weighted by Crippen LogP contribution is 2.14. The van der Waals surface area contributed by atoms with Crippen LogP contribution in [0.15, 0.2) is 11.0 Å². The molecule has 0 radical (unpaired) electrons. The van der Waals surface area contributed by atoms with Gasteiger partial charge in [-0.2, -0.15) is 5.10 Å². The molecule has 1 heterocycles. The van der Waals surface area contributed by atoms with Gasteiger partial charge in [0.05, 0.1) is 25.1 Å². The predicted octanol–water partition coefficient (Wildman–Crippen LogP) is -0.548. The molecule has 0 amide bonds. The number of hydrogen-bond donors (Lipinski definition) is 3. The number of carbonyl (C=O) groups excluding carboxylic acids is 1. The Balaban J connectivity index is 2.59. The highest BCUT2D eigenvalue weighted by atomic mass is 35.5. The van der Waals surface area contributed by atoms with Gasteiger partial charge in [-0.15, -0.1) is 0 Å². The third-order valence-electron chi connectivity index (χ3n) is 2.55. The van der Waals surface area contributed by atoms with E-state index in [1.54, 1.807) is 6.92 Å². The predicted molar refractivity (Wildman–Crippen MR) is 78.6 cm³/mol. The van der Waals surface area contributed by atoms with Crippen molar-refractivity contribution in [1.82, 2.24) is 15.1 Å².